The molecule has 0 radical (unpaired) electrons. The second kappa shape index (κ2) is 11.5. The Bertz CT molecular complexity index is 1400. The molecule has 1 fully saturated rings. The van der Waals surface area contributed by atoms with Gasteiger partial charge in [0.15, 0.2) is 5.82 Å². The van der Waals surface area contributed by atoms with Gasteiger partial charge < -0.3 is 0 Å². The molecular formula is C30H31F3N6. The predicted molar refractivity (Wildman–Crippen MR) is 145 cm³/mol. The van der Waals surface area contributed by atoms with Gasteiger partial charge >= 0.3 is 6.18 Å². The lowest BCUT2D eigenvalue weighted by Crippen LogP contribution is -2.48. The first-order valence-corrected chi connectivity index (χ1v) is 13.0. The fourth-order valence-corrected chi connectivity index (χ4v) is 5.18. The van der Waals surface area contributed by atoms with Crippen LogP contribution in [0.25, 0.3) is 11.8 Å². The van der Waals surface area contributed by atoms with E-state index in [1.165, 1.54) is 12.1 Å². The lowest BCUT2D eigenvalue weighted by atomic mass is 10.00. The van der Waals surface area contributed by atoms with Gasteiger partial charge in [0, 0.05) is 32.7 Å². The highest BCUT2D eigenvalue weighted by Gasteiger charge is 2.35. The number of benzene rings is 3. The summed E-state index contributed by atoms with van der Waals surface area (Å²) in [7, 11) is 0. The molecule has 1 aliphatic rings. The molecule has 4 aromatic rings. The van der Waals surface area contributed by atoms with Gasteiger partial charge in [-0.1, -0.05) is 72.8 Å². The van der Waals surface area contributed by atoms with E-state index in [1.54, 1.807) is 10.7 Å². The van der Waals surface area contributed by atoms with E-state index in [9.17, 15) is 13.2 Å². The van der Waals surface area contributed by atoms with Crippen LogP contribution in [0, 0.1) is 13.8 Å². The van der Waals surface area contributed by atoms with Crippen molar-refractivity contribution >= 4 is 6.08 Å². The van der Waals surface area contributed by atoms with Gasteiger partial charge in [0.2, 0.25) is 0 Å². The summed E-state index contributed by atoms with van der Waals surface area (Å²) in [4.78, 5) is 4.52. The van der Waals surface area contributed by atoms with E-state index < -0.39 is 17.8 Å². The first-order valence-electron chi connectivity index (χ1n) is 13.0. The van der Waals surface area contributed by atoms with Gasteiger partial charge in [-0.25, -0.2) is 0 Å². The maximum Gasteiger partial charge on any atom is 0.416 e. The summed E-state index contributed by atoms with van der Waals surface area (Å²) < 4.78 is 42.7. The molecule has 0 bridgehead atoms. The second-order valence-electron chi connectivity index (χ2n) is 9.86. The fourth-order valence-electron chi connectivity index (χ4n) is 5.18. The average Bonchev–Trinajstić information content (AvgIpc) is 3.39. The molecule has 6 nitrogen and oxygen atoms in total. The Morgan fingerprint density at radius 3 is 2.26 bits per heavy atom. The number of para-hydroxylation sites is 1. The quantitative estimate of drug-likeness (QED) is 0.305. The highest BCUT2D eigenvalue weighted by atomic mass is 19.4. The smallest absolute Gasteiger partial charge is 0.297 e. The molecule has 202 valence electrons. The second-order valence-corrected chi connectivity index (χ2v) is 9.86. The standard InChI is InChI=1S/C30H31F3N6/c1-22-9-6-10-23(2)27(22)39-29(34-35-36-39)28(25-14-7-15-26(21-25)30(31,32)33)38-19-17-37(18-20-38)16-8-13-24-11-4-3-5-12-24/h3-15,21,28H,16-20H2,1-2H3/t28-/m0/s1. The van der Waals surface area contributed by atoms with E-state index in [0.717, 1.165) is 48.1 Å². The summed E-state index contributed by atoms with van der Waals surface area (Å²) in [5.41, 5.74) is 3.81. The number of tetrazole rings is 1. The number of aryl methyl sites for hydroxylation is 2. The van der Waals surface area contributed by atoms with Gasteiger partial charge in [-0.2, -0.15) is 17.9 Å². The number of rotatable bonds is 7. The predicted octanol–water partition coefficient (Wildman–Crippen LogP) is 5.72. The van der Waals surface area contributed by atoms with Gasteiger partial charge in [-0.15, -0.1) is 5.10 Å². The van der Waals surface area contributed by atoms with Crippen molar-refractivity contribution in [3.05, 3.63) is 113 Å². The monoisotopic (exact) mass is 532 g/mol. The summed E-state index contributed by atoms with van der Waals surface area (Å²) in [5, 5.41) is 12.6. The third-order valence-corrected chi connectivity index (χ3v) is 7.16. The minimum Gasteiger partial charge on any atom is -0.297 e. The van der Waals surface area contributed by atoms with Crippen LogP contribution in [0.3, 0.4) is 0 Å². The molecule has 2 heterocycles. The number of alkyl halides is 3. The number of nitrogens with zero attached hydrogens (tertiary/aromatic N) is 6. The van der Waals surface area contributed by atoms with Crippen LogP contribution in [0.1, 0.15) is 39.7 Å². The third-order valence-electron chi connectivity index (χ3n) is 7.16. The lowest BCUT2D eigenvalue weighted by molar-refractivity contribution is -0.137. The summed E-state index contributed by atoms with van der Waals surface area (Å²) >= 11 is 0. The van der Waals surface area contributed by atoms with Crippen LogP contribution in [0.5, 0.6) is 0 Å². The van der Waals surface area contributed by atoms with Crippen LogP contribution in [-0.2, 0) is 6.18 Å². The molecule has 0 aliphatic carbocycles. The van der Waals surface area contributed by atoms with Crippen molar-refractivity contribution in [3.63, 3.8) is 0 Å². The third kappa shape index (κ3) is 6.10. The first-order chi connectivity index (χ1) is 18.8. The van der Waals surface area contributed by atoms with Gasteiger partial charge in [-0.05, 0) is 58.7 Å². The fraction of sp³-hybridized carbons (Fsp3) is 0.300. The number of piperazine rings is 1. The molecule has 1 aromatic heterocycles. The van der Waals surface area contributed by atoms with Crippen LogP contribution in [0.15, 0.2) is 78.9 Å². The van der Waals surface area contributed by atoms with E-state index in [-0.39, 0.29) is 0 Å². The van der Waals surface area contributed by atoms with Crippen molar-refractivity contribution < 1.29 is 13.2 Å². The Hall–Kier alpha value is -3.82. The zero-order valence-corrected chi connectivity index (χ0v) is 22.0. The summed E-state index contributed by atoms with van der Waals surface area (Å²) in [6.07, 6.45) is -0.184. The van der Waals surface area contributed by atoms with Crippen LogP contribution < -0.4 is 0 Å². The van der Waals surface area contributed by atoms with Crippen molar-refractivity contribution in [1.29, 1.82) is 0 Å². The van der Waals surface area contributed by atoms with Crippen molar-refractivity contribution in [1.82, 2.24) is 30.0 Å². The molecule has 0 saturated carbocycles. The Morgan fingerprint density at radius 1 is 0.872 bits per heavy atom. The van der Waals surface area contributed by atoms with E-state index in [4.69, 9.17) is 0 Å². The minimum atomic E-state index is -4.44. The molecule has 39 heavy (non-hydrogen) atoms. The highest BCUT2D eigenvalue weighted by Crippen LogP contribution is 2.35. The molecule has 9 heteroatoms. The molecule has 0 unspecified atom stereocenters. The van der Waals surface area contributed by atoms with Gasteiger partial charge in [0.1, 0.15) is 0 Å². The molecule has 1 aliphatic heterocycles. The van der Waals surface area contributed by atoms with Crippen molar-refractivity contribution in [3.8, 4) is 5.69 Å². The maximum atomic E-state index is 13.7. The molecule has 1 atom stereocenters. The normalized spacial score (nSPS) is 16.1. The van der Waals surface area contributed by atoms with Crippen molar-refractivity contribution in [2.24, 2.45) is 0 Å². The maximum absolute atomic E-state index is 13.7. The number of hydrogen-bond acceptors (Lipinski definition) is 5. The topological polar surface area (TPSA) is 50.1 Å². The van der Waals surface area contributed by atoms with E-state index in [2.05, 4.69) is 49.6 Å². The summed E-state index contributed by atoms with van der Waals surface area (Å²) in [5.74, 6) is 0.504. The largest absolute Gasteiger partial charge is 0.416 e. The Morgan fingerprint density at radius 2 is 1.56 bits per heavy atom. The van der Waals surface area contributed by atoms with Gasteiger partial charge in [0.05, 0.1) is 17.3 Å². The highest BCUT2D eigenvalue weighted by molar-refractivity contribution is 5.49. The van der Waals surface area contributed by atoms with Gasteiger partial charge in [0.25, 0.3) is 0 Å². The minimum absolute atomic E-state index is 0.504. The lowest BCUT2D eigenvalue weighted by Gasteiger charge is -2.38. The molecule has 1 saturated heterocycles. The first kappa shape index (κ1) is 26.8. The molecule has 5 rings (SSSR count). The molecule has 0 amide bonds. The van der Waals surface area contributed by atoms with Crippen molar-refractivity contribution in [2.45, 2.75) is 26.1 Å². The van der Waals surface area contributed by atoms with E-state index in [0.29, 0.717) is 24.5 Å². The van der Waals surface area contributed by atoms with E-state index >= 15 is 0 Å². The van der Waals surface area contributed by atoms with Crippen LogP contribution >= 0.6 is 0 Å². The Kier molecular flexibility index (Phi) is 7.90. The molecule has 3 aromatic carbocycles. The number of halogens is 3. The number of aromatic nitrogens is 4. The van der Waals surface area contributed by atoms with Crippen molar-refractivity contribution in [2.75, 3.05) is 32.7 Å². The van der Waals surface area contributed by atoms with Crippen LogP contribution in [0.2, 0.25) is 0 Å². The summed E-state index contributed by atoms with van der Waals surface area (Å²) in [6.45, 7) is 7.65. The van der Waals surface area contributed by atoms with Crippen LogP contribution in [0.4, 0.5) is 13.2 Å². The Labute approximate surface area is 226 Å². The zero-order valence-electron chi connectivity index (χ0n) is 22.0. The average molecular weight is 533 g/mol. The number of hydrogen-bond donors (Lipinski definition) is 0. The Balaban J connectivity index is 1.44. The molecule has 0 spiro atoms. The van der Waals surface area contributed by atoms with Crippen LogP contribution in [-0.4, -0.2) is 62.7 Å². The molecule has 0 N–H and O–H groups in total. The summed E-state index contributed by atoms with van der Waals surface area (Å²) in [6, 6.07) is 21.1. The zero-order chi connectivity index (χ0) is 27.4. The SMILES string of the molecule is Cc1cccc(C)c1-n1nnnc1[C@H](c1cccc(C(F)(F)F)c1)N1CCN(CC=Cc2ccccc2)CC1. The molecular weight excluding hydrogens is 501 g/mol. The van der Waals surface area contributed by atoms with Gasteiger partial charge in [-0.3, -0.25) is 9.80 Å². The van der Waals surface area contributed by atoms with E-state index in [1.807, 2.05) is 50.2 Å².